The summed E-state index contributed by atoms with van der Waals surface area (Å²) in [5.74, 6) is 2.08. The van der Waals surface area contributed by atoms with Gasteiger partial charge in [-0.1, -0.05) is 41.9 Å². The van der Waals surface area contributed by atoms with Crippen LogP contribution in [0.15, 0.2) is 72.8 Å². The molecule has 4 rings (SSSR count). The molecule has 4 aromatic rings. The number of carbonyl (C=O) groups is 1. The second kappa shape index (κ2) is 11.1. The van der Waals surface area contributed by atoms with Gasteiger partial charge >= 0.3 is 0 Å². The van der Waals surface area contributed by atoms with Gasteiger partial charge in [-0.2, -0.15) is 0 Å². The van der Waals surface area contributed by atoms with Crippen molar-refractivity contribution in [3.05, 3.63) is 89.2 Å². The molecule has 3 aromatic carbocycles. The summed E-state index contributed by atoms with van der Waals surface area (Å²) >= 11 is 5.89. The topological polar surface area (TPSA) is 65.4 Å². The van der Waals surface area contributed by atoms with Crippen LogP contribution < -0.4 is 14.8 Å². The Kier molecular flexibility index (Phi) is 7.70. The third kappa shape index (κ3) is 5.88. The molecule has 0 aliphatic heterocycles. The number of rotatable bonds is 10. The number of fused-ring (bicyclic) bond motifs is 1. The Balaban J connectivity index is 1.39. The van der Waals surface area contributed by atoms with E-state index in [-0.39, 0.29) is 18.6 Å². The first-order chi connectivity index (χ1) is 16.5. The van der Waals surface area contributed by atoms with E-state index in [9.17, 15) is 4.79 Å². The van der Waals surface area contributed by atoms with Gasteiger partial charge < -0.3 is 19.4 Å². The Morgan fingerprint density at radius 1 is 1.03 bits per heavy atom. The number of nitrogens with one attached hydrogen (secondary N) is 1. The molecule has 0 aliphatic rings. The van der Waals surface area contributed by atoms with Crippen LogP contribution in [0.3, 0.4) is 0 Å². The smallest absolute Gasteiger partial charge is 0.258 e. The average Bonchev–Trinajstić information content (AvgIpc) is 3.21. The van der Waals surface area contributed by atoms with Gasteiger partial charge in [0.25, 0.3) is 5.91 Å². The van der Waals surface area contributed by atoms with Crippen molar-refractivity contribution in [2.24, 2.45) is 0 Å². The van der Waals surface area contributed by atoms with Crippen molar-refractivity contribution in [3.8, 4) is 11.5 Å². The summed E-state index contributed by atoms with van der Waals surface area (Å²) in [6.45, 7) is 5.20. The molecular formula is C27H28ClN3O3. The molecule has 0 fully saturated rings. The molecule has 0 aliphatic carbocycles. The highest BCUT2D eigenvalue weighted by atomic mass is 35.5. The van der Waals surface area contributed by atoms with Crippen LogP contribution in [0.25, 0.3) is 11.0 Å². The normalized spacial score (nSPS) is 11.9. The zero-order chi connectivity index (χ0) is 23.9. The number of nitrogens with zero attached hydrogens (tertiary/aromatic N) is 2. The van der Waals surface area contributed by atoms with Gasteiger partial charge in [0.2, 0.25) is 0 Å². The van der Waals surface area contributed by atoms with E-state index in [0.29, 0.717) is 17.4 Å². The Labute approximate surface area is 204 Å². The van der Waals surface area contributed by atoms with E-state index in [1.165, 1.54) is 0 Å². The Bertz CT molecular complexity index is 1250. The molecule has 1 unspecified atom stereocenters. The molecule has 0 bridgehead atoms. The summed E-state index contributed by atoms with van der Waals surface area (Å²) in [6.07, 6.45) is 0.808. The van der Waals surface area contributed by atoms with Crippen molar-refractivity contribution in [1.82, 2.24) is 14.9 Å². The number of benzene rings is 3. The highest BCUT2D eigenvalue weighted by molar-refractivity contribution is 6.30. The average molecular weight is 478 g/mol. The molecule has 1 atom stereocenters. The first-order valence-electron chi connectivity index (χ1n) is 11.3. The van der Waals surface area contributed by atoms with Crippen molar-refractivity contribution < 1.29 is 14.3 Å². The number of halogens is 1. The minimum absolute atomic E-state index is 0.0868. The monoisotopic (exact) mass is 477 g/mol. The lowest BCUT2D eigenvalue weighted by Gasteiger charge is -2.17. The molecule has 0 saturated carbocycles. The predicted octanol–water partition coefficient (Wildman–Crippen LogP) is 5.72. The number of carbonyl (C=O) groups excluding carboxylic acids is 1. The second-order valence-corrected chi connectivity index (χ2v) is 8.55. The molecular weight excluding hydrogens is 450 g/mol. The van der Waals surface area contributed by atoms with E-state index in [1.54, 1.807) is 24.3 Å². The fraction of sp³-hybridized carbons (Fsp3) is 0.259. The maximum absolute atomic E-state index is 12.5. The molecule has 34 heavy (non-hydrogen) atoms. The molecule has 0 saturated heterocycles. The van der Waals surface area contributed by atoms with Gasteiger partial charge in [-0.3, -0.25) is 4.79 Å². The van der Waals surface area contributed by atoms with Crippen LogP contribution >= 0.6 is 11.6 Å². The standard InChI is InChI=1S/C27H28ClN3O3/c1-19-8-3-6-11-25(19)33-17-7-16-31-24-10-5-4-9-23(24)30-27(31)20(2)29-26(32)18-34-22-14-12-21(28)13-15-22/h3-6,8-15,20H,7,16-18H2,1-2H3,(H,29,32). The second-order valence-electron chi connectivity index (χ2n) is 8.11. The number of aromatic nitrogens is 2. The Morgan fingerprint density at radius 3 is 2.56 bits per heavy atom. The van der Waals surface area contributed by atoms with Gasteiger partial charge in [0.15, 0.2) is 6.61 Å². The minimum atomic E-state index is -0.286. The molecule has 6 nitrogen and oxygen atoms in total. The van der Waals surface area contributed by atoms with Gasteiger partial charge in [-0.15, -0.1) is 0 Å². The van der Waals surface area contributed by atoms with Crippen molar-refractivity contribution >= 4 is 28.5 Å². The maximum Gasteiger partial charge on any atom is 0.258 e. The molecule has 1 aromatic heterocycles. The number of imidazole rings is 1. The van der Waals surface area contributed by atoms with Gasteiger partial charge in [0.1, 0.15) is 17.3 Å². The van der Waals surface area contributed by atoms with Crippen molar-refractivity contribution in [1.29, 1.82) is 0 Å². The first kappa shape index (κ1) is 23.6. The molecule has 7 heteroatoms. The first-order valence-corrected chi connectivity index (χ1v) is 11.7. The fourth-order valence-electron chi connectivity index (χ4n) is 3.81. The summed E-state index contributed by atoms with van der Waals surface area (Å²) in [7, 11) is 0. The molecule has 0 spiro atoms. The summed E-state index contributed by atoms with van der Waals surface area (Å²) in [5.41, 5.74) is 3.05. The van der Waals surface area contributed by atoms with E-state index < -0.39 is 0 Å². The quantitative estimate of drug-likeness (QED) is 0.296. The van der Waals surface area contributed by atoms with E-state index in [4.69, 9.17) is 26.1 Å². The molecule has 1 amide bonds. The van der Waals surface area contributed by atoms with Crippen LogP contribution in [0.1, 0.15) is 30.8 Å². The van der Waals surface area contributed by atoms with Crippen molar-refractivity contribution in [2.75, 3.05) is 13.2 Å². The maximum atomic E-state index is 12.5. The van der Waals surface area contributed by atoms with Crippen LogP contribution in [-0.2, 0) is 11.3 Å². The van der Waals surface area contributed by atoms with E-state index in [0.717, 1.165) is 41.1 Å². The van der Waals surface area contributed by atoms with Crippen LogP contribution in [0.2, 0.25) is 5.02 Å². The Morgan fingerprint density at radius 2 is 1.76 bits per heavy atom. The minimum Gasteiger partial charge on any atom is -0.493 e. The number of para-hydroxylation sites is 3. The van der Waals surface area contributed by atoms with E-state index in [1.807, 2.05) is 62.4 Å². The van der Waals surface area contributed by atoms with Crippen LogP contribution in [0, 0.1) is 6.92 Å². The lowest BCUT2D eigenvalue weighted by molar-refractivity contribution is -0.123. The predicted molar refractivity (Wildman–Crippen MR) is 135 cm³/mol. The zero-order valence-electron chi connectivity index (χ0n) is 19.3. The molecule has 176 valence electrons. The van der Waals surface area contributed by atoms with Crippen molar-refractivity contribution in [2.45, 2.75) is 32.9 Å². The van der Waals surface area contributed by atoms with Crippen LogP contribution in [0.5, 0.6) is 11.5 Å². The number of hydrogen-bond donors (Lipinski definition) is 1. The highest BCUT2D eigenvalue weighted by Crippen LogP contribution is 2.22. The Hall–Kier alpha value is -3.51. The number of amides is 1. The summed E-state index contributed by atoms with van der Waals surface area (Å²) in [5, 5.41) is 3.62. The SMILES string of the molecule is Cc1ccccc1OCCCn1c(C(C)NC(=O)COc2ccc(Cl)cc2)nc2ccccc21. The van der Waals surface area contributed by atoms with Gasteiger partial charge in [-0.05, 0) is 68.3 Å². The van der Waals surface area contributed by atoms with Gasteiger partial charge in [0.05, 0.1) is 23.7 Å². The van der Waals surface area contributed by atoms with Crippen LogP contribution in [0.4, 0.5) is 0 Å². The lowest BCUT2D eigenvalue weighted by Crippen LogP contribution is -2.32. The fourth-order valence-corrected chi connectivity index (χ4v) is 3.94. The largest absolute Gasteiger partial charge is 0.493 e. The van der Waals surface area contributed by atoms with E-state index >= 15 is 0 Å². The van der Waals surface area contributed by atoms with Crippen molar-refractivity contribution in [3.63, 3.8) is 0 Å². The summed E-state index contributed by atoms with van der Waals surface area (Å²) in [4.78, 5) is 17.3. The molecule has 1 N–H and O–H groups in total. The highest BCUT2D eigenvalue weighted by Gasteiger charge is 2.18. The third-order valence-corrected chi connectivity index (χ3v) is 5.76. The molecule has 1 heterocycles. The van der Waals surface area contributed by atoms with Gasteiger partial charge in [-0.25, -0.2) is 4.98 Å². The number of aryl methyl sites for hydroxylation is 2. The van der Waals surface area contributed by atoms with E-state index in [2.05, 4.69) is 9.88 Å². The molecule has 0 radical (unpaired) electrons. The zero-order valence-corrected chi connectivity index (χ0v) is 20.1. The number of ether oxygens (including phenoxy) is 2. The third-order valence-electron chi connectivity index (χ3n) is 5.51. The lowest BCUT2D eigenvalue weighted by atomic mass is 10.2. The summed E-state index contributed by atoms with van der Waals surface area (Å²) < 4.78 is 13.7. The summed E-state index contributed by atoms with van der Waals surface area (Å²) in [6, 6.07) is 22.6. The van der Waals surface area contributed by atoms with Gasteiger partial charge in [0, 0.05) is 11.6 Å². The number of hydrogen-bond acceptors (Lipinski definition) is 4. The van der Waals surface area contributed by atoms with Crippen LogP contribution in [-0.4, -0.2) is 28.7 Å².